The molecule has 0 saturated carbocycles. The van der Waals surface area contributed by atoms with Gasteiger partial charge in [-0.05, 0) is 23.8 Å². The Morgan fingerprint density at radius 3 is 2.40 bits per heavy atom. The Bertz CT molecular complexity index is 858. The number of anilines is 1. The zero-order chi connectivity index (χ0) is 18.1. The zero-order valence-electron chi connectivity index (χ0n) is 13.9. The number of benzene rings is 2. The van der Waals surface area contributed by atoms with Gasteiger partial charge in [-0.3, -0.25) is 14.5 Å². The van der Waals surface area contributed by atoms with Gasteiger partial charge in [0.05, 0.1) is 11.6 Å². The number of nitrogens with zero attached hydrogens (tertiary/aromatic N) is 1. The third kappa shape index (κ3) is 2.93. The molecule has 5 heteroatoms. The molecule has 0 radical (unpaired) electrons. The Morgan fingerprint density at radius 1 is 1.12 bits per heavy atom. The lowest BCUT2D eigenvalue weighted by Crippen LogP contribution is -2.31. The van der Waals surface area contributed by atoms with Crippen molar-refractivity contribution in [1.29, 1.82) is 0 Å². The molecule has 1 aliphatic heterocycles. The highest BCUT2D eigenvalue weighted by Crippen LogP contribution is 2.41. The van der Waals surface area contributed by atoms with Gasteiger partial charge in [-0.15, -0.1) is 0 Å². The topological polar surface area (TPSA) is 57.6 Å². The summed E-state index contributed by atoms with van der Waals surface area (Å²) in [6.07, 6.45) is 0. The molecular weight excluding hydrogens is 321 g/mol. The lowest BCUT2D eigenvalue weighted by molar-refractivity contribution is -0.119. The van der Waals surface area contributed by atoms with Crippen molar-refractivity contribution >= 4 is 17.4 Å². The van der Waals surface area contributed by atoms with Crippen molar-refractivity contribution in [1.82, 2.24) is 0 Å². The smallest absolute Gasteiger partial charge is 0.294 e. The number of carbonyl (C=O) groups is 2. The monoisotopic (exact) mass is 339 g/mol. The van der Waals surface area contributed by atoms with Gasteiger partial charge in [0.1, 0.15) is 5.82 Å². The van der Waals surface area contributed by atoms with Crippen LogP contribution in [0.1, 0.15) is 25.5 Å². The van der Waals surface area contributed by atoms with E-state index in [-0.39, 0.29) is 23.0 Å². The normalized spacial score (nSPS) is 17.5. The Hall–Kier alpha value is -2.95. The van der Waals surface area contributed by atoms with Gasteiger partial charge in [0.15, 0.2) is 11.5 Å². The Kier molecular flexibility index (Phi) is 4.40. The molecule has 1 heterocycles. The number of aliphatic hydroxyl groups excluding tert-OH is 1. The predicted octanol–water partition coefficient (Wildman–Crippen LogP) is 3.95. The second kappa shape index (κ2) is 6.51. The van der Waals surface area contributed by atoms with Crippen molar-refractivity contribution in [2.75, 3.05) is 4.90 Å². The van der Waals surface area contributed by atoms with E-state index in [1.807, 2.05) is 6.07 Å². The quantitative estimate of drug-likeness (QED) is 0.917. The fourth-order valence-electron chi connectivity index (χ4n) is 3.01. The van der Waals surface area contributed by atoms with E-state index in [1.54, 1.807) is 44.2 Å². The van der Waals surface area contributed by atoms with Crippen LogP contribution < -0.4 is 4.90 Å². The minimum Gasteiger partial charge on any atom is -0.503 e. The van der Waals surface area contributed by atoms with Crippen LogP contribution in [0.2, 0.25) is 0 Å². The average Bonchev–Trinajstić information content (AvgIpc) is 2.86. The van der Waals surface area contributed by atoms with Gasteiger partial charge < -0.3 is 5.11 Å². The van der Waals surface area contributed by atoms with E-state index in [2.05, 4.69) is 0 Å². The second-order valence-electron chi connectivity index (χ2n) is 6.25. The number of ketones is 1. The second-order valence-corrected chi connectivity index (χ2v) is 6.25. The molecule has 0 bridgehead atoms. The molecule has 2 aromatic rings. The molecule has 0 aliphatic carbocycles. The molecule has 2 aromatic carbocycles. The molecule has 1 atom stereocenters. The van der Waals surface area contributed by atoms with E-state index < -0.39 is 23.5 Å². The van der Waals surface area contributed by atoms with Gasteiger partial charge in [-0.25, -0.2) is 4.39 Å². The summed E-state index contributed by atoms with van der Waals surface area (Å²) in [6.45, 7) is 3.42. The first-order valence-corrected chi connectivity index (χ1v) is 8.03. The highest BCUT2D eigenvalue weighted by molar-refractivity contribution is 6.16. The maximum Gasteiger partial charge on any atom is 0.294 e. The van der Waals surface area contributed by atoms with Crippen molar-refractivity contribution in [2.45, 2.75) is 19.9 Å². The predicted molar refractivity (Wildman–Crippen MR) is 92.6 cm³/mol. The largest absolute Gasteiger partial charge is 0.503 e. The Labute approximate surface area is 145 Å². The number of hydrogen-bond donors (Lipinski definition) is 1. The maximum atomic E-state index is 13.7. The van der Waals surface area contributed by atoms with E-state index in [0.29, 0.717) is 5.56 Å². The molecule has 1 unspecified atom stereocenters. The lowest BCUT2D eigenvalue weighted by atomic mass is 9.91. The van der Waals surface area contributed by atoms with E-state index >= 15 is 0 Å². The van der Waals surface area contributed by atoms with Crippen LogP contribution in [0.5, 0.6) is 0 Å². The highest BCUT2D eigenvalue weighted by Gasteiger charge is 2.44. The molecule has 0 spiro atoms. The summed E-state index contributed by atoms with van der Waals surface area (Å²) in [7, 11) is 0. The summed E-state index contributed by atoms with van der Waals surface area (Å²) in [5, 5.41) is 10.4. The molecule has 3 rings (SSSR count). The van der Waals surface area contributed by atoms with E-state index in [1.165, 1.54) is 23.1 Å². The van der Waals surface area contributed by atoms with Crippen LogP contribution in [0.25, 0.3) is 0 Å². The first kappa shape index (κ1) is 16.9. The van der Waals surface area contributed by atoms with Crippen LogP contribution in [0, 0.1) is 11.7 Å². The van der Waals surface area contributed by atoms with E-state index in [4.69, 9.17) is 0 Å². The Morgan fingerprint density at radius 2 is 1.80 bits per heavy atom. The third-order valence-corrected chi connectivity index (χ3v) is 4.20. The van der Waals surface area contributed by atoms with Crippen molar-refractivity contribution in [3.05, 3.63) is 77.3 Å². The van der Waals surface area contributed by atoms with Crippen molar-refractivity contribution in [3.8, 4) is 0 Å². The van der Waals surface area contributed by atoms with Crippen molar-refractivity contribution in [2.24, 2.45) is 5.92 Å². The molecule has 0 saturated heterocycles. The molecule has 1 amide bonds. The van der Waals surface area contributed by atoms with Gasteiger partial charge in [0.25, 0.3) is 5.91 Å². The summed E-state index contributed by atoms with van der Waals surface area (Å²) in [5.41, 5.74) is 1.01. The number of Topliss-reactive ketones (excluding diaryl/α,β-unsaturated/α-hetero) is 1. The van der Waals surface area contributed by atoms with Gasteiger partial charge in [0.2, 0.25) is 0 Å². The molecule has 1 N–H and O–H groups in total. The molecule has 25 heavy (non-hydrogen) atoms. The third-order valence-electron chi connectivity index (χ3n) is 4.20. The van der Waals surface area contributed by atoms with Crippen LogP contribution in [-0.4, -0.2) is 16.8 Å². The first-order chi connectivity index (χ1) is 11.9. The van der Waals surface area contributed by atoms with Crippen LogP contribution in [0.15, 0.2) is 65.9 Å². The summed E-state index contributed by atoms with van der Waals surface area (Å²) in [4.78, 5) is 26.6. The molecule has 4 nitrogen and oxygen atoms in total. The number of rotatable bonds is 4. The molecule has 128 valence electrons. The highest BCUT2D eigenvalue weighted by atomic mass is 19.1. The Balaban J connectivity index is 2.19. The zero-order valence-corrected chi connectivity index (χ0v) is 13.9. The SMILES string of the molecule is CC(C)C(=O)C1=C(O)C(=O)N(c2cccc(F)c2)C1c1ccccc1. The van der Waals surface area contributed by atoms with Gasteiger partial charge in [-0.2, -0.15) is 0 Å². The molecular formula is C20H18FNO3. The summed E-state index contributed by atoms with van der Waals surface area (Å²) in [5.74, 6) is -2.47. The van der Waals surface area contributed by atoms with Crippen LogP contribution in [-0.2, 0) is 9.59 Å². The van der Waals surface area contributed by atoms with Gasteiger partial charge >= 0.3 is 0 Å². The molecule has 0 fully saturated rings. The van der Waals surface area contributed by atoms with Gasteiger partial charge in [0, 0.05) is 11.6 Å². The standard InChI is InChI=1S/C20H18FNO3/c1-12(2)18(23)16-17(13-7-4-3-5-8-13)22(20(25)19(16)24)15-10-6-9-14(21)11-15/h3-12,17,24H,1-2H3. The van der Waals surface area contributed by atoms with Crippen molar-refractivity contribution < 1.29 is 19.1 Å². The van der Waals surface area contributed by atoms with E-state index in [9.17, 15) is 19.1 Å². The number of amides is 1. The lowest BCUT2D eigenvalue weighted by Gasteiger charge is -2.27. The minimum absolute atomic E-state index is 0.0514. The summed E-state index contributed by atoms with van der Waals surface area (Å²) in [6, 6.07) is 13.7. The van der Waals surface area contributed by atoms with Crippen molar-refractivity contribution in [3.63, 3.8) is 0 Å². The maximum absolute atomic E-state index is 13.7. The van der Waals surface area contributed by atoms with Crippen LogP contribution in [0.3, 0.4) is 0 Å². The molecule has 1 aliphatic rings. The van der Waals surface area contributed by atoms with E-state index in [0.717, 1.165) is 0 Å². The fourth-order valence-corrected chi connectivity index (χ4v) is 3.01. The number of aliphatic hydroxyl groups is 1. The summed E-state index contributed by atoms with van der Waals surface area (Å²) < 4.78 is 13.7. The van der Waals surface area contributed by atoms with Crippen LogP contribution >= 0.6 is 0 Å². The number of halogens is 1. The summed E-state index contributed by atoms with van der Waals surface area (Å²) >= 11 is 0. The first-order valence-electron chi connectivity index (χ1n) is 8.03. The van der Waals surface area contributed by atoms with Gasteiger partial charge in [-0.1, -0.05) is 50.2 Å². The average molecular weight is 339 g/mol. The number of hydrogen-bond acceptors (Lipinski definition) is 3. The number of carbonyl (C=O) groups excluding carboxylic acids is 2. The fraction of sp³-hybridized carbons (Fsp3) is 0.200. The minimum atomic E-state index is -0.787. The molecule has 0 aromatic heterocycles. The van der Waals surface area contributed by atoms with Crippen LogP contribution in [0.4, 0.5) is 10.1 Å².